The fraction of sp³-hybridized carbons (Fsp3) is 0.500. The molecule has 0 saturated heterocycles. The third-order valence-electron chi connectivity index (χ3n) is 3.96. The van der Waals surface area contributed by atoms with E-state index in [9.17, 15) is 0 Å². The van der Waals surface area contributed by atoms with Gasteiger partial charge in [-0.2, -0.15) is 0 Å². The van der Waals surface area contributed by atoms with E-state index in [0.29, 0.717) is 5.92 Å². The zero-order chi connectivity index (χ0) is 16.7. The van der Waals surface area contributed by atoms with Crippen LogP contribution >= 0.6 is 0 Å². The molecule has 1 atom stereocenters. The highest BCUT2D eigenvalue weighted by Gasteiger charge is 2.10. The molecule has 120 valence electrons. The maximum absolute atomic E-state index is 4.60. The van der Waals surface area contributed by atoms with Gasteiger partial charge < -0.3 is 5.32 Å². The number of rotatable bonds is 6. The van der Waals surface area contributed by atoms with Gasteiger partial charge in [0.1, 0.15) is 0 Å². The average molecular weight is 300 g/mol. The predicted molar refractivity (Wildman–Crippen MR) is 96.5 cm³/mol. The second-order valence-corrected chi connectivity index (χ2v) is 5.56. The normalized spacial score (nSPS) is 15.0. The van der Waals surface area contributed by atoms with Gasteiger partial charge in [0.15, 0.2) is 0 Å². The molecule has 0 saturated carbocycles. The van der Waals surface area contributed by atoms with E-state index in [0.717, 1.165) is 40.3 Å². The van der Waals surface area contributed by atoms with Crippen LogP contribution in [0.15, 0.2) is 33.5 Å². The van der Waals surface area contributed by atoms with Crippen molar-refractivity contribution in [1.29, 1.82) is 0 Å². The number of allylic oxidation sites excluding steroid dienone is 2. The van der Waals surface area contributed by atoms with Crippen LogP contribution in [0.5, 0.6) is 0 Å². The summed E-state index contributed by atoms with van der Waals surface area (Å²) in [7, 11) is 3.73. The Labute approximate surface area is 134 Å². The first-order valence-corrected chi connectivity index (χ1v) is 7.78. The van der Waals surface area contributed by atoms with Crippen molar-refractivity contribution < 1.29 is 0 Å². The van der Waals surface area contributed by atoms with E-state index < -0.39 is 0 Å². The molecular weight excluding hydrogens is 272 g/mol. The van der Waals surface area contributed by atoms with Crippen molar-refractivity contribution in [2.45, 2.75) is 41.0 Å². The van der Waals surface area contributed by atoms with E-state index in [1.54, 1.807) is 0 Å². The van der Waals surface area contributed by atoms with Crippen molar-refractivity contribution >= 4 is 17.6 Å². The molecule has 0 aliphatic carbocycles. The van der Waals surface area contributed by atoms with Crippen molar-refractivity contribution in [1.82, 2.24) is 10.3 Å². The SMILES string of the molecule is CCC(C)C=Nc1cc(C(=NC)/C(C)=C(\C)NC)cnc1C. The molecule has 4 heteroatoms. The Kier molecular flexibility index (Phi) is 6.96. The number of nitrogens with zero attached hydrogens (tertiary/aromatic N) is 3. The molecule has 1 aromatic heterocycles. The highest BCUT2D eigenvalue weighted by Crippen LogP contribution is 2.21. The van der Waals surface area contributed by atoms with Crippen LogP contribution in [-0.2, 0) is 0 Å². The highest BCUT2D eigenvalue weighted by molar-refractivity contribution is 6.12. The first-order chi connectivity index (χ1) is 10.4. The lowest BCUT2D eigenvalue weighted by molar-refractivity contribution is 0.754. The summed E-state index contributed by atoms with van der Waals surface area (Å²) in [5, 5.41) is 3.17. The zero-order valence-electron chi connectivity index (χ0n) is 14.9. The molecule has 0 bridgehead atoms. The molecule has 0 radical (unpaired) electrons. The molecule has 0 aromatic carbocycles. The lowest BCUT2D eigenvalue weighted by Gasteiger charge is -2.12. The van der Waals surface area contributed by atoms with Gasteiger partial charge in [-0.25, -0.2) is 0 Å². The molecule has 1 unspecified atom stereocenters. The smallest absolute Gasteiger partial charge is 0.0844 e. The van der Waals surface area contributed by atoms with Crippen LogP contribution in [0.1, 0.15) is 45.4 Å². The summed E-state index contributed by atoms with van der Waals surface area (Å²) in [6.07, 6.45) is 4.95. The third kappa shape index (κ3) is 4.52. The Morgan fingerprint density at radius 3 is 2.64 bits per heavy atom. The van der Waals surface area contributed by atoms with Gasteiger partial charge in [-0.05, 0) is 44.7 Å². The van der Waals surface area contributed by atoms with Crippen LogP contribution in [0.4, 0.5) is 5.69 Å². The minimum absolute atomic E-state index is 0.468. The Bertz CT molecular complexity index is 597. The number of nitrogens with one attached hydrogen (secondary N) is 1. The molecule has 1 rings (SSSR count). The fourth-order valence-electron chi connectivity index (χ4n) is 1.97. The van der Waals surface area contributed by atoms with E-state index in [2.05, 4.69) is 47.1 Å². The van der Waals surface area contributed by atoms with Gasteiger partial charge in [0, 0.05) is 37.8 Å². The molecule has 4 nitrogen and oxygen atoms in total. The van der Waals surface area contributed by atoms with Crippen molar-refractivity contribution in [3.8, 4) is 0 Å². The first kappa shape index (κ1) is 18.1. The van der Waals surface area contributed by atoms with E-state index >= 15 is 0 Å². The van der Waals surface area contributed by atoms with Gasteiger partial charge in [-0.15, -0.1) is 0 Å². The maximum atomic E-state index is 4.60. The monoisotopic (exact) mass is 300 g/mol. The summed E-state index contributed by atoms with van der Waals surface area (Å²) in [5.41, 5.74) is 6.01. The summed E-state index contributed by atoms with van der Waals surface area (Å²) in [4.78, 5) is 13.5. The summed E-state index contributed by atoms with van der Waals surface area (Å²) >= 11 is 0. The van der Waals surface area contributed by atoms with Crippen LogP contribution < -0.4 is 5.32 Å². The Hall–Kier alpha value is -1.97. The third-order valence-corrected chi connectivity index (χ3v) is 3.96. The Morgan fingerprint density at radius 1 is 1.41 bits per heavy atom. The Morgan fingerprint density at radius 2 is 2.09 bits per heavy atom. The van der Waals surface area contributed by atoms with Crippen LogP contribution in [0.2, 0.25) is 0 Å². The van der Waals surface area contributed by atoms with Gasteiger partial charge in [-0.3, -0.25) is 15.0 Å². The van der Waals surface area contributed by atoms with Gasteiger partial charge in [0.05, 0.1) is 17.1 Å². The average Bonchev–Trinajstić information content (AvgIpc) is 2.54. The fourth-order valence-corrected chi connectivity index (χ4v) is 1.97. The summed E-state index contributed by atoms with van der Waals surface area (Å²) < 4.78 is 0. The van der Waals surface area contributed by atoms with Crippen LogP contribution in [-0.4, -0.2) is 31.0 Å². The van der Waals surface area contributed by atoms with Crippen molar-refractivity contribution in [3.05, 3.63) is 34.8 Å². The highest BCUT2D eigenvalue weighted by atomic mass is 14.8. The molecule has 0 aliphatic rings. The molecule has 0 fully saturated rings. The number of aryl methyl sites for hydroxylation is 1. The van der Waals surface area contributed by atoms with E-state index in [4.69, 9.17) is 0 Å². The topological polar surface area (TPSA) is 49.6 Å². The summed E-state index contributed by atoms with van der Waals surface area (Å²) in [6.45, 7) is 10.4. The van der Waals surface area contributed by atoms with Crippen LogP contribution in [0, 0.1) is 12.8 Å². The van der Waals surface area contributed by atoms with Gasteiger partial charge in [-0.1, -0.05) is 13.8 Å². The molecule has 0 amide bonds. The number of hydrogen-bond donors (Lipinski definition) is 1. The number of aromatic nitrogens is 1. The second kappa shape index (κ2) is 8.47. The van der Waals surface area contributed by atoms with Crippen molar-refractivity contribution in [3.63, 3.8) is 0 Å². The molecule has 1 aromatic rings. The van der Waals surface area contributed by atoms with E-state index in [1.165, 1.54) is 0 Å². The van der Waals surface area contributed by atoms with Gasteiger partial charge in [0.25, 0.3) is 0 Å². The number of pyridine rings is 1. The summed E-state index contributed by atoms with van der Waals surface area (Å²) in [5.74, 6) is 0.468. The lowest BCUT2D eigenvalue weighted by Crippen LogP contribution is -2.12. The minimum atomic E-state index is 0.468. The largest absolute Gasteiger partial charge is 0.391 e. The van der Waals surface area contributed by atoms with Crippen LogP contribution in [0.25, 0.3) is 0 Å². The lowest BCUT2D eigenvalue weighted by atomic mass is 10.0. The van der Waals surface area contributed by atoms with Crippen molar-refractivity contribution in [2.24, 2.45) is 15.9 Å². The van der Waals surface area contributed by atoms with Crippen LogP contribution in [0.3, 0.4) is 0 Å². The predicted octanol–water partition coefficient (Wildman–Crippen LogP) is 4.07. The standard InChI is InChI=1S/C18H28N4/c1-8-12(2)10-22-17-9-16(11-21-15(17)5)18(20-7)13(3)14(4)19-6/h9-12,19H,8H2,1-7H3/b14-13+,20-18?,22-10?. The Balaban J connectivity index is 3.25. The molecule has 0 aliphatic heterocycles. The van der Waals surface area contributed by atoms with Crippen molar-refractivity contribution in [2.75, 3.05) is 14.1 Å². The van der Waals surface area contributed by atoms with Gasteiger partial charge >= 0.3 is 0 Å². The maximum Gasteiger partial charge on any atom is 0.0844 e. The molecule has 1 N–H and O–H groups in total. The van der Waals surface area contributed by atoms with E-state index in [-0.39, 0.29) is 0 Å². The zero-order valence-corrected chi connectivity index (χ0v) is 14.9. The molecule has 22 heavy (non-hydrogen) atoms. The van der Waals surface area contributed by atoms with E-state index in [1.807, 2.05) is 40.4 Å². The number of aliphatic imine (C=N–C) groups is 2. The van der Waals surface area contributed by atoms with Gasteiger partial charge in [0.2, 0.25) is 0 Å². The molecular formula is C18H28N4. The molecule has 1 heterocycles. The quantitative estimate of drug-likeness (QED) is 0.805. The first-order valence-electron chi connectivity index (χ1n) is 7.78. The second-order valence-electron chi connectivity index (χ2n) is 5.56. The number of hydrogen-bond acceptors (Lipinski definition) is 4. The minimum Gasteiger partial charge on any atom is -0.391 e. The molecule has 0 spiro atoms. The summed E-state index contributed by atoms with van der Waals surface area (Å²) in [6, 6.07) is 2.07.